The van der Waals surface area contributed by atoms with Gasteiger partial charge in [-0.15, -0.1) is 11.3 Å². The number of para-hydroxylation sites is 2. The van der Waals surface area contributed by atoms with E-state index in [1.807, 2.05) is 6.92 Å². The van der Waals surface area contributed by atoms with Crippen molar-refractivity contribution in [2.45, 2.75) is 24.2 Å². The number of benzene rings is 1. The van der Waals surface area contributed by atoms with E-state index < -0.39 is 22.1 Å². The van der Waals surface area contributed by atoms with E-state index in [2.05, 4.69) is 0 Å². The van der Waals surface area contributed by atoms with Gasteiger partial charge in [-0.3, -0.25) is 4.31 Å². The van der Waals surface area contributed by atoms with Crippen molar-refractivity contribution in [3.8, 4) is 5.75 Å². The fraction of sp³-hybridized carbons (Fsp3) is 0.267. The fourth-order valence-electron chi connectivity index (χ4n) is 2.53. The number of aliphatic carboxylic acids is 1. The van der Waals surface area contributed by atoms with Gasteiger partial charge in [0.15, 0.2) is 0 Å². The zero-order chi connectivity index (χ0) is 16.8. The quantitative estimate of drug-likeness (QED) is 0.916. The monoisotopic (exact) mass is 353 g/mol. The lowest BCUT2D eigenvalue weighted by Gasteiger charge is -2.33. The molecular formula is C15H15NO5S2. The molecule has 0 saturated carbocycles. The number of nitrogens with zero attached hydrogens (tertiary/aromatic N) is 1. The molecule has 0 bridgehead atoms. The van der Waals surface area contributed by atoms with E-state index in [1.54, 1.807) is 37.3 Å². The Kier molecular flexibility index (Phi) is 3.81. The number of ether oxygens (including phenoxy) is 1. The molecule has 2 heterocycles. The Bertz CT molecular complexity index is 872. The number of aryl methyl sites for hydroxylation is 2. The van der Waals surface area contributed by atoms with Crippen LogP contribution >= 0.6 is 11.3 Å². The highest BCUT2D eigenvalue weighted by atomic mass is 32.2. The van der Waals surface area contributed by atoms with Crippen LogP contribution in [-0.4, -0.2) is 32.1 Å². The first-order valence-corrected chi connectivity index (χ1v) is 9.14. The Labute approximate surface area is 138 Å². The normalized spacial score (nSPS) is 17.5. The molecule has 1 N–H and O–H groups in total. The van der Waals surface area contributed by atoms with Crippen molar-refractivity contribution in [3.05, 3.63) is 40.8 Å². The highest BCUT2D eigenvalue weighted by molar-refractivity contribution is 7.94. The lowest BCUT2D eigenvalue weighted by molar-refractivity contribution is -0.144. The molecule has 3 rings (SSSR count). The molecule has 1 aliphatic heterocycles. The second kappa shape index (κ2) is 5.54. The maximum atomic E-state index is 13.0. The molecule has 1 unspecified atom stereocenters. The third-order valence-electron chi connectivity index (χ3n) is 3.53. The van der Waals surface area contributed by atoms with Crippen LogP contribution in [-0.2, 0) is 14.8 Å². The van der Waals surface area contributed by atoms with Crippen LogP contribution in [0.4, 0.5) is 5.69 Å². The van der Waals surface area contributed by atoms with Crippen LogP contribution < -0.4 is 9.04 Å². The second-order valence-corrected chi connectivity index (χ2v) is 8.59. The van der Waals surface area contributed by atoms with E-state index in [4.69, 9.17) is 4.74 Å². The van der Waals surface area contributed by atoms with Gasteiger partial charge in [0, 0.05) is 4.88 Å². The maximum absolute atomic E-state index is 13.0. The molecular weight excluding hydrogens is 338 g/mol. The van der Waals surface area contributed by atoms with Crippen LogP contribution in [0.5, 0.6) is 5.75 Å². The van der Waals surface area contributed by atoms with E-state index in [1.165, 1.54) is 11.3 Å². The number of anilines is 1. The predicted molar refractivity (Wildman–Crippen MR) is 86.8 cm³/mol. The number of carbonyl (C=O) groups is 1. The first-order chi connectivity index (χ1) is 10.8. The third kappa shape index (κ3) is 2.68. The van der Waals surface area contributed by atoms with Crippen molar-refractivity contribution in [3.63, 3.8) is 0 Å². The summed E-state index contributed by atoms with van der Waals surface area (Å²) in [6, 6.07) is 8.35. The Morgan fingerprint density at radius 3 is 2.65 bits per heavy atom. The Morgan fingerprint density at radius 1 is 1.35 bits per heavy atom. The number of carboxylic acids is 1. The molecule has 1 aliphatic rings. The number of hydrogen-bond acceptors (Lipinski definition) is 5. The standard InChI is InChI=1S/C15H15NO5S2/c1-9-7-10(2)22-15(9)23(19,20)16-8-13(14(17)18)21-12-6-4-3-5-11(12)16/h3-7,13H,8H2,1-2H3,(H,17,18). The molecule has 122 valence electrons. The van der Waals surface area contributed by atoms with E-state index in [0.717, 1.165) is 9.18 Å². The van der Waals surface area contributed by atoms with E-state index in [-0.39, 0.29) is 16.5 Å². The fourth-order valence-corrected chi connectivity index (χ4v) is 5.78. The van der Waals surface area contributed by atoms with Crippen LogP contribution in [0.1, 0.15) is 10.4 Å². The van der Waals surface area contributed by atoms with Crippen LogP contribution in [0.15, 0.2) is 34.5 Å². The third-order valence-corrected chi connectivity index (χ3v) is 7.08. The average molecular weight is 353 g/mol. The number of carboxylic acid groups (broad SMARTS) is 1. The van der Waals surface area contributed by atoms with Gasteiger partial charge in [0.05, 0.1) is 12.2 Å². The SMILES string of the molecule is Cc1cc(C)c(S(=O)(=O)N2CC(C(=O)O)Oc3ccccc32)s1. The summed E-state index contributed by atoms with van der Waals surface area (Å²) >= 11 is 1.18. The minimum absolute atomic E-state index is 0.232. The molecule has 1 atom stereocenters. The first-order valence-electron chi connectivity index (χ1n) is 6.89. The van der Waals surface area contributed by atoms with E-state index >= 15 is 0 Å². The molecule has 0 saturated heterocycles. The zero-order valence-electron chi connectivity index (χ0n) is 12.5. The number of fused-ring (bicyclic) bond motifs is 1. The summed E-state index contributed by atoms with van der Waals surface area (Å²) in [6.07, 6.45) is -1.24. The molecule has 2 aromatic rings. The topological polar surface area (TPSA) is 83.9 Å². The summed E-state index contributed by atoms with van der Waals surface area (Å²) in [6.45, 7) is 3.31. The number of thiophene rings is 1. The largest absolute Gasteiger partial charge is 0.478 e. The average Bonchev–Trinajstić information content (AvgIpc) is 2.85. The summed E-state index contributed by atoms with van der Waals surface area (Å²) < 4.78 is 32.8. The van der Waals surface area contributed by atoms with Gasteiger partial charge >= 0.3 is 5.97 Å². The van der Waals surface area contributed by atoms with Gasteiger partial charge in [-0.25, -0.2) is 13.2 Å². The molecule has 8 heteroatoms. The van der Waals surface area contributed by atoms with Crippen LogP contribution in [0, 0.1) is 13.8 Å². The minimum atomic E-state index is -3.84. The number of rotatable bonds is 3. The van der Waals surface area contributed by atoms with Crippen LogP contribution in [0.3, 0.4) is 0 Å². The van der Waals surface area contributed by atoms with Crippen LogP contribution in [0.2, 0.25) is 0 Å². The van der Waals surface area contributed by atoms with Gasteiger partial charge in [0.1, 0.15) is 9.96 Å². The second-order valence-electron chi connectivity index (χ2n) is 5.28. The first kappa shape index (κ1) is 15.8. The molecule has 1 aromatic carbocycles. The molecule has 6 nitrogen and oxygen atoms in total. The van der Waals surface area contributed by atoms with Crippen molar-refractivity contribution in [1.29, 1.82) is 0 Å². The zero-order valence-corrected chi connectivity index (χ0v) is 14.1. The summed E-state index contributed by atoms with van der Waals surface area (Å²) in [7, 11) is -3.84. The van der Waals surface area contributed by atoms with E-state index in [0.29, 0.717) is 11.3 Å². The lowest BCUT2D eigenvalue weighted by Crippen LogP contribution is -2.46. The summed E-state index contributed by atoms with van der Waals surface area (Å²) in [5.74, 6) is -0.945. The highest BCUT2D eigenvalue weighted by Gasteiger charge is 2.38. The smallest absolute Gasteiger partial charge is 0.346 e. The van der Waals surface area contributed by atoms with Crippen molar-refractivity contribution in [1.82, 2.24) is 0 Å². The summed E-state index contributed by atoms with van der Waals surface area (Å²) in [5.41, 5.74) is 1.01. The Balaban J connectivity index is 2.14. The van der Waals surface area contributed by atoms with Gasteiger partial charge in [0.25, 0.3) is 10.0 Å². The Morgan fingerprint density at radius 2 is 2.04 bits per heavy atom. The van der Waals surface area contributed by atoms with Gasteiger partial charge in [0.2, 0.25) is 6.10 Å². The molecule has 0 spiro atoms. The van der Waals surface area contributed by atoms with Gasteiger partial charge < -0.3 is 9.84 Å². The van der Waals surface area contributed by atoms with Gasteiger partial charge in [-0.05, 0) is 37.6 Å². The number of sulfonamides is 1. The molecule has 0 amide bonds. The van der Waals surface area contributed by atoms with Gasteiger partial charge in [-0.1, -0.05) is 12.1 Å². The maximum Gasteiger partial charge on any atom is 0.346 e. The van der Waals surface area contributed by atoms with E-state index in [9.17, 15) is 18.3 Å². The van der Waals surface area contributed by atoms with Crippen LogP contribution in [0.25, 0.3) is 0 Å². The van der Waals surface area contributed by atoms with Crippen molar-refractivity contribution >= 4 is 33.0 Å². The molecule has 0 radical (unpaired) electrons. The van der Waals surface area contributed by atoms with Gasteiger partial charge in [-0.2, -0.15) is 0 Å². The number of hydrogen-bond donors (Lipinski definition) is 1. The lowest BCUT2D eigenvalue weighted by atomic mass is 10.2. The molecule has 1 aromatic heterocycles. The highest BCUT2D eigenvalue weighted by Crippen LogP contribution is 2.39. The van der Waals surface area contributed by atoms with Crippen molar-refractivity contribution in [2.75, 3.05) is 10.8 Å². The Hall–Kier alpha value is -2.06. The summed E-state index contributed by atoms with van der Waals surface area (Å²) in [5, 5.41) is 9.23. The molecule has 0 fully saturated rings. The van der Waals surface area contributed by atoms with Crippen molar-refractivity contribution < 1.29 is 23.1 Å². The van der Waals surface area contributed by atoms with Crippen molar-refractivity contribution in [2.24, 2.45) is 0 Å². The molecule has 23 heavy (non-hydrogen) atoms. The predicted octanol–water partition coefficient (Wildman–Crippen LogP) is 2.41. The molecule has 0 aliphatic carbocycles. The summed E-state index contributed by atoms with van der Waals surface area (Å²) in [4.78, 5) is 12.2. The minimum Gasteiger partial charge on any atom is -0.478 e.